The van der Waals surface area contributed by atoms with E-state index in [1.807, 2.05) is 18.2 Å². The number of hydrogen-bond acceptors (Lipinski definition) is 4. The van der Waals surface area contributed by atoms with Gasteiger partial charge >= 0.3 is 0 Å². The van der Waals surface area contributed by atoms with Crippen LogP contribution in [0.2, 0.25) is 0 Å². The topological polar surface area (TPSA) is 42.5 Å². The number of benzene rings is 6. The average molecular weight is 661 g/mol. The van der Waals surface area contributed by atoms with Crippen LogP contribution in [-0.2, 0) is 0 Å². The fourth-order valence-electron chi connectivity index (χ4n) is 8.30. The summed E-state index contributed by atoms with van der Waals surface area (Å²) in [7, 11) is 0. The number of aromatic nitrogens is 3. The van der Waals surface area contributed by atoms with Crippen molar-refractivity contribution in [3.8, 4) is 16.8 Å². The van der Waals surface area contributed by atoms with Crippen LogP contribution in [0.4, 0.5) is 11.4 Å². The Bertz CT molecular complexity index is 2980. The van der Waals surface area contributed by atoms with Crippen molar-refractivity contribution >= 4 is 70.6 Å². The maximum absolute atomic E-state index is 13.5. The number of anilines is 2. The Balaban J connectivity index is 1.05. The van der Waals surface area contributed by atoms with Gasteiger partial charge < -0.3 is 9.47 Å². The van der Waals surface area contributed by atoms with Gasteiger partial charge in [0.25, 0.3) is 5.56 Å². The Morgan fingerprint density at radius 3 is 2.24 bits per heavy atom. The van der Waals surface area contributed by atoms with Gasteiger partial charge in [-0.3, -0.25) is 9.20 Å². The minimum absolute atomic E-state index is 0.107. The number of para-hydroxylation sites is 3. The summed E-state index contributed by atoms with van der Waals surface area (Å²) >= 11 is 1.55. The molecule has 1 aliphatic heterocycles. The van der Waals surface area contributed by atoms with Gasteiger partial charge in [0.2, 0.25) is 0 Å². The highest BCUT2D eigenvalue weighted by atomic mass is 32.1. The van der Waals surface area contributed by atoms with E-state index in [9.17, 15) is 4.79 Å². The second-order valence-corrected chi connectivity index (χ2v) is 14.2. The first kappa shape index (κ1) is 27.7. The molecule has 0 saturated heterocycles. The van der Waals surface area contributed by atoms with E-state index in [0.717, 1.165) is 37.8 Å². The van der Waals surface area contributed by atoms with Crippen molar-refractivity contribution in [1.82, 2.24) is 14.0 Å². The van der Waals surface area contributed by atoms with Crippen molar-refractivity contribution < 1.29 is 0 Å². The third-order valence-corrected chi connectivity index (χ3v) is 11.5. The van der Waals surface area contributed by atoms with Crippen molar-refractivity contribution in [2.75, 3.05) is 4.90 Å². The molecule has 0 bridgehead atoms. The molecule has 0 radical (unpaired) electrons. The number of nitrogens with zero attached hydrogens (tertiary/aromatic N) is 4. The van der Waals surface area contributed by atoms with E-state index in [4.69, 9.17) is 0 Å². The van der Waals surface area contributed by atoms with E-state index in [0.29, 0.717) is 5.39 Å². The molecule has 9 aromatic rings. The van der Waals surface area contributed by atoms with Crippen LogP contribution < -0.4 is 10.5 Å². The third-order valence-electron chi connectivity index (χ3n) is 10.5. The van der Waals surface area contributed by atoms with Crippen LogP contribution >= 0.6 is 11.3 Å². The summed E-state index contributed by atoms with van der Waals surface area (Å²) in [5, 5.41) is 3.12. The Hall–Kier alpha value is -6.24. The molecule has 50 heavy (non-hydrogen) atoms. The lowest BCUT2D eigenvalue weighted by Crippen LogP contribution is -2.28. The molecule has 0 N–H and O–H groups in total. The Morgan fingerprint density at radius 1 is 0.580 bits per heavy atom. The van der Waals surface area contributed by atoms with E-state index in [1.165, 1.54) is 38.5 Å². The van der Waals surface area contributed by atoms with Gasteiger partial charge in [-0.2, -0.15) is 4.98 Å². The number of fused-ring (bicyclic) bond motifs is 11. The fraction of sp³-hybridized carbons (Fsp3) is 0.0455. The van der Waals surface area contributed by atoms with E-state index in [-0.39, 0.29) is 17.5 Å². The Kier molecular flexibility index (Phi) is 5.75. The van der Waals surface area contributed by atoms with Crippen LogP contribution in [0.5, 0.6) is 0 Å². The quantitative estimate of drug-likeness (QED) is 0.189. The van der Waals surface area contributed by atoms with Crippen LogP contribution in [0, 0.1) is 0 Å². The molecule has 6 aromatic carbocycles. The lowest BCUT2D eigenvalue weighted by Gasteiger charge is -2.28. The summed E-state index contributed by atoms with van der Waals surface area (Å²) in [6.45, 7) is 0. The average Bonchev–Trinajstić information content (AvgIpc) is 3.82. The summed E-state index contributed by atoms with van der Waals surface area (Å²) < 4.78 is 5.59. The van der Waals surface area contributed by atoms with Crippen LogP contribution in [0.1, 0.15) is 11.5 Å². The molecule has 2 unspecified atom stereocenters. The molecular weight excluding hydrogens is 633 g/mol. The molecule has 2 aliphatic rings. The maximum Gasteiger partial charge on any atom is 0.281 e. The first-order valence-electron chi connectivity index (χ1n) is 16.9. The van der Waals surface area contributed by atoms with Gasteiger partial charge in [0.15, 0.2) is 4.96 Å². The van der Waals surface area contributed by atoms with Gasteiger partial charge in [0, 0.05) is 33.8 Å². The molecule has 0 fully saturated rings. The standard InChI is InChI=1S/C44H28N4OS/c49-43-35-26-30(20-23-40(35)48-41-16-8-9-17-42(41)50-44(48)45-43)47-37-15-7-5-13-32(37)34-25-28(19-22-39(34)47)27-18-21-38-33(24-27)31-12-4-6-14-36(31)46(38)29-10-2-1-3-11-29/h1-26,32,37H. The van der Waals surface area contributed by atoms with Crippen LogP contribution in [0.15, 0.2) is 163 Å². The molecule has 236 valence electrons. The largest absolute Gasteiger partial charge is 0.333 e. The molecule has 11 rings (SSSR count). The monoisotopic (exact) mass is 660 g/mol. The highest BCUT2D eigenvalue weighted by molar-refractivity contribution is 7.23. The molecule has 0 saturated carbocycles. The predicted octanol–water partition coefficient (Wildman–Crippen LogP) is 10.6. The fourth-order valence-corrected chi connectivity index (χ4v) is 9.32. The van der Waals surface area contributed by atoms with Gasteiger partial charge in [-0.25, -0.2) is 0 Å². The van der Waals surface area contributed by atoms with E-state index >= 15 is 0 Å². The zero-order valence-electron chi connectivity index (χ0n) is 26.8. The van der Waals surface area contributed by atoms with Crippen molar-refractivity contribution in [3.05, 3.63) is 174 Å². The number of hydrogen-bond donors (Lipinski definition) is 0. The SMILES string of the molecule is O=c1nc2sc3ccccc3n2c2ccc(N3c4ccc(-c5ccc6c(c5)c5ccccc5n6-c5ccccc5)cc4C4C=CC=CC43)cc12. The number of thiazole rings is 1. The van der Waals surface area contributed by atoms with Crippen LogP contribution in [0.25, 0.3) is 64.7 Å². The van der Waals surface area contributed by atoms with E-state index in [2.05, 4.69) is 158 Å². The number of allylic oxidation sites excluding steroid dienone is 2. The second-order valence-electron chi connectivity index (χ2n) is 13.2. The van der Waals surface area contributed by atoms with Crippen molar-refractivity contribution in [1.29, 1.82) is 0 Å². The Labute approximate surface area is 290 Å². The van der Waals surface area contributed by atoms with Crippen molar-refractivity contribution in [3.63, 3.8) is 0 Å². The molecule has 5 nitrogen and oxygen atoms in total. The summed E-state index contributed by atoms with van der Waals surface area (Å²) in [5.74, 6) is 0.192. The molecule has 2 atom stereocenters. The van der Waals surface area contributed by atoms with Gasteiger partial charge in [0.1, 0.15) is 0 Å². The minimum Gasteiger partial charge on any atom is -0.333 e. The van der Waals surface area contributed by atoms with Crippen molar-refractivity contribution in [2.45, 2.75) is 12.0 Å². The van der Waals surface area contributed by atoms with Gasteiger partial charge in [-0.05, 0) is 89.5 Å². The normalized spacial score (nSPS) is 16.7. The predicted molar refractivity (Wildman–Crippen MR) is 208 cm³/mol. The highest BCUT2D eigenvalue weighted by Gasteiger charge is 2.37. The first-order chi connectivity index (χ1) is 24.7. The zero-order chi connectivity index (χ0) is 32.9. The third kappa shape index (κ3) is 3.88. The summed E-state index contributed by atoms with van der Waals surface area (Å²) in [6, 6.07) is 47.6. The molecule has 0 amide bonds. The van der Waals surface area contributed by atoms with Crippen LogP contribution in [-0.4, -0.2) is 20.0 Å². The highest BCUT2D eigenvalue weighted by Crippen LogP contribution is 2.49. The summed E-state index contributed by atoms with van der Waals surface area (Å²) in [4.78, 5) is 21.1. The van der Waals surface area contributed by atoms with Gasteiger partial charge in [-0.1, -0.05) is 96.3 Å². The minimum atomic E-state index is -0.192. The lowest BCUT2D eigenvalue weighted by atomic mass is 9.89. The van der Waals surface area contributed by atoms with Crippen LogP contribution in [0.3, 0.4) is 0 Å². The summed E-state index contributed by atoms with van der Waals surface area (Å²) in [5.41, 5.74) is 11.2. The Morgan fingerprint density at radius 2 is 1.32 bits per heavy atom. The van der Waals surface area contributed by atoms with Gasteiger partial charge in [-0.15, -0.1) is 0 Å². The molecule has 6 heteroatoms. The van der Waals surface area contributed by atoms with Crippen molar-refractivity contribution in [2.24, 2.45) is 0 Å². The molecular formula is C44H28N4OS. The molecule has 1 aliphatic carbocycles. The smallest absolute Gasteiger partial charge is 0.281 e. The van der Waals surface area contributed by atoms with E-state index in [1.54, 1.807) is 11.3 Å². The summed E-state index contributed by atoms with van der Waals surface area (Å²) in [6.07, 6.45) is 8.87. The molecule has 3 aromatic heterocycles. The maximum atomic E-state index is 13.5. The zero-order valence-corrected chi connectivity index (χ0v) is 27.6. The van der Waals surface area contributed by atoms with Gasteiger partial charge in [0.05, 0.1) is 38.2 Å². The molecule has 0 spiro atoms. The second kappa shape index (κ2) is 10.4. The molecule has 4 heterocycles. The lowest BCUT2D eigenvalue weighted by molar-refractivity contribution is 0.745. The van der Waals surface area contributed by atoms with E-state index < -0.39 is 0 Å². The first-order valence-corrected chi connectivity index (χ1v) is 17.7. The number of rotatable bonds is 3.